The van der Waals surface area contributed by atoms with Crippen LogP contribution in [-0.4, -0.2) is 16.1 Å². The van der Waals surface area contributed by atoms with Crippen molar-refractivity contribution in [3.63, 3.8) is 0 Å². The average Bonchev–Trinajstić information content (AvgIpc) is 2.67. The first kappa shape index (κ1) is 8.48. The van der Waals surface area contributed by atoms with Crippen molar-refractivity contribution in [2.24, 2.45) is 0 Å². The van der Waals surface area contributed by atoms with Gasteiger partial charge in [0.2, 0.25) is 0 Å². The molecule has 0 N–H and O–H groups in total. The van der Waals surface area contributed by atoms with E-state index >= 15 is 0 Å². The lowest BCUT2D eigenvalue weighted by Gasteiger charge is -2.21. The summed E-state index contributed by atoms with van der Waals surface area (Å²) in [6.45, 7) is 0. The minimum atomic E-state index is 0.530. The molecule has 1 heterocycles. The number of hydrogen-bond acceptors (Lipinski definition) is 2. The molecule has 0 saturated heterocycles. The quantitative estimate of drug-likeness (QED) is 0.651. The van der Waals surface area contributed by atoms with Gasteiger partial charge in [0.25, 0.3) is 0 Å². The van der Waals surface area contributed by atoms with Crippen LogP contribution in [0.5, 0.6) is 0 Å². The molecule has 13 heavy (non-hydrogen) atoms. The second-order valence-electron chi connectivity index (χ2n) is 3.66. The number of rotatable bonds is 2. The Morgan fingerprint density at radius 2 is 2.15 bits per heavy atom. The van der Waals surface area contributed by atoms with Crippen LogP contribution in [0.4, 0.5) is 0 Å². The predicted octanol–water partition coefficient (Wildman–Crippen LogP) is 2.20. The Kier molecular flexibility index (Phi) is 2.43. The molecule has 0 radical (unpaired) electrons. The van der Waals surface area contributed by atoms with Crippen LogP contribution in [0.25, 0.3) is 0 Å². The van der Waals surface area contributed by atoms with E-state index in [2.05, 4.69) is 5.10 Å². The summed E-state index contributed by atoms with van der Waals surface area (Å²) in [5, 5.41) is 4.20. The topological polar surface area (TPSA) is 34.9 Å². The first-order valence-corrected chi connectivity index (χ1v) is 4.89. The Morgan fingerprint density at radius 1 is 1.38 bits per heavy atom. The Hall–Kier alpha value is -1.12. The highest BCUT2D eigenvalue weighted by atomic mass is 16.1. The van der Waals surface area contributed by atoms with Crippen molar-refractivity contribution >= 4 is 6.29 Å². The lowest BCUT2D eigenvalue weighted by Crippen LogP contribution is -2.12. The molecule has 3 nitrogen and oxygen atoms in total. The van der Waals surface area contributed by atoms with Crippen molar-refractivity contribution < 1.29 is 4.79 Å². The highest BCUT2D eigenvalue weighted by Gasteiger charge is 2.15. The zero-order valence-electron chi connectivity index (χ0n) is 7.65. The molecule has 0 amide bonds. The van der Waals surface area contributed by atoms with Crippen molar-refractivity contribution in [2.75, 3.05) is 0 Å². The van der Waals surface area contributed by atoms with E-state index in [9.17, 15) is 4.79 Å². The third-order valence-electron chi connectivity index (χ3n) is 2.71. The van der Waals surface area contributed by atoms with Crippen LogP contribution in [0.1, 0.15) is 48.5 Å². The Labute approximate surface area is 77.7 Å². The summed E-state index contributed by atoms with van der Waals surface area (Å²) in [4.78, 5) is 10.4. The maximum Gasteiger partial charge on any atom is 0.153 e. The number of aromatic nitrogens is 2. The van der Waals surface area contributed by atoms with Gasteiger partial charge in [-0.2, -0.15) is 5.10 Å². The van der Waals surface area contributed by atoms with E-state index in [1.165, 1.54) is 32.1 Å². The van der Waals surface area contributed by atoms with E-state index in [4.69, 9.17) is 0 Å². The van der Waals surface area contributed by atoms with Gasteiger partial charge in [0.15, 0.2) is 6.29 Å². The zero-order chi connectivity index (χ0) is 9.10. The van der Waals surface area contributed by atoms with E-state index in [1.54, 1.807) is 6.20 Å². The lowest BCUT2D eigenvalue weighted by atomic mass is 9.96. The summed E-state index contributed by atoms with van der Waals surface area (Å²) in [7, 11) is 0. The van der Waals surface area contributed by atoms with Gasteiger partial charge in [0.05, 0.1) is 17.8 Å². The monoisotopic (exact) mass is 178 g/mol. The normalized spacial score (nSPS) is 18.8. The number of nitrogens with zero attached hydrogens (tertiary/aromatic N) is 2. The van der Waals surface area contributed by atoms with E-state index in [0.717, 1.165) is 6.29 Å². The summed E-state index contributed by atoms with van der Waals surface area (Å²) < 4.78 is 1.95. The summed E-state index contributed by atoms with van der Waals surface area (Å²) in [5.41, 5.74) is 0.686. The maximum absolute atomic E-state index is 10.4. The third-order valence-corrected chi connectivity index (χ3v) is 2.71. The molecule has 0 spiro atoms. The van der Waals surface area contributed by atoms with E-state index in [-0.39, 0.29) is 0 Å². The first-order valence-electron chi connectivity index (χ1n) is 4.89. The molecule has 1 fully saturated rings. The fourth-order valence-electron chi connectivity index (χ4n) is 1.96. The fraction of sp³-hybridized carbons (Fsp3) is 0.600. The third kappa shape index (κ3) is 1.79. The Morgan fingerprint density at radius 3 is 2.77 bits per heavy atom. The van der Waals surface area contributed by atoms with E-state index in [0.29, 0.717) is 11.6 Å². The second-order valence-corrected chi connectivity index (χ2v) is 3.66. The van der Waals surface area contributed by atoms with E-state index in [1.807, 2.05) is 10.9 Å². The molecule has 0 aromatic carbocycles. The fourth-order valence-corrected chi connectivity index (χ4v) is 1.96. The van der Waals surface area contributed by atoms with Gasteiger partial charge < -0.3 is 0 Å². The zero-order valence-corrected chi connectivity index (χ0v) is 7.65. The summed E-state index contributed by atoms with van der Waals surface area (Å²) in [6, 6.07) is 0.530. The van der Waals surface area contributed by atoms with Gasteiger partial charge >= 0.3 is 0 Å². The van der Waals surface area contributed by atoms with Crippen LogP contribution >= 0.6 is 0 Å². The Balaban J connectivity index is 2.09. The number of hydrogen-bond donors (Lipinski definition) is 0. The van der Waals surface area contributed by atoms with Gasteiger partial charge in [-0.05, 0) is 12.8 Å². The molecule has 70 valence electrons. The van der Waals surface area contributed by atoms with Crippen LogP contribution in [0.2, 0.25) is 0 Å². The summed E-state index contributed by atoms with van der Waals surface area (Å²) >= 11 is 0. The van der Waals surface area contributed by atoms with Gasteiger partial charge in [-0.25, -0.2) is 0 Å². The van der Waals surface area contributed by atoms with Crippen LogP contribution in [0, 0.1) is 0 Å². The first-order chi connectivity index (χ1) is 6.40. The molecule has 1 aromatic heterocycles. The molecule has 1 saturated carbocycles. The van der Waals surface area contributed by atoms with Gasteiger partial charge in [-0.3, -0.25) is 9.48 Å². The van der Waals surface area contributed by atoms with Gasteiger partial charge in [-0.1, -0.05) is 19.3 Å². The van der Waals surface area contributed by atoms with Crippen LogP contribution in [-0.2, 0) is 0 Å². The molecule has 1 aromatic rings. The van der Waals surface area contributed by atoms with Crippen LogP contribution in [0.3, 0.4) is 0 Å². The molecule has 0 aliphatic heterocycles. The SMILES string of the molecule is O=Cc1cnn(C2CCCCC2)c1. The molecule has 1 aliphatic rings. The second kappa shape index (κ2) is 3.73. The number of carbonyl (C=O) groups excluding carboxylic acids is 1. The molecule has 1 aliphatic carbocycles. The van der Waals surface area contributed by atoms with Crippen molar-refractivity contribution in [3.05, 3.63) is 18.0 Å². The summed E-state index contributed by atoms with van der Waals surface area (Å²) in [5.74, 6) is 0. The molecule has 0 unspecified atom stereocenters. The van der Waals surface area contributed by atoms with Crippen molar-refractivity contribution in [2.45, 2.75) is 38.1 Å². The van der Waals surface area contributed by atoms with Crippen molar-refractivity contribution in [3.8, 4) is 0 Å². The molecular weight excluding hydrogens is 164 g/mol. The number of aldehydes is 1. The smallest absolute Gasteiger partial charge is 0.153 e. The molecular formula is C10H14N2O. The lowest BCUT2D eigenvalue weighted by molar-refractivity contribution is 0.112. The predicted molar refractivity (Wildman–Crippen MR) is 49.7 cm³/mol. The van der Waals surface area contributed by atoms with Gasteiger partial charge in [-0.15, -0.1) is 0 Å². The van der Waals surface area contributed by atoms with Crippen molar-refractivity contribution in [1.29, 1.82) is 0 Å². The highest BCUT2D eigenvalue weighted by Crippen LogP contribution is 2.27. The molecule has 0 atom stereocenters. The van der Waals surface area contributed by atoms with E-state index < -0.39 is 0 Å². The minimum absolute atomic E-state index is 0.530. The Bertz CT molecular complexity index is 287. The molecule has 3 heteroatoms. The van der Waals surface area contributed by atoms with Crippen LogP contribution in [0.15, 0.2) is 12.4 Å². The summed E-state index contributed by atoms with van der Waals surface area (Å²) in [6.07, 6.45) is 10.7. The standard InChI is InChI=1S/C10H14N2O/c13-8-9-6-11-12(7-9)10-4-2-1-3-5-10/h6-8,10H,1-5H2. The van der Waals surface area contributed by atoms with Gasteiger partial charge in [0, 0.05) is 6.20 Å². The number of carbonyl (C=O) groups is 1. The molecule has 2 rings (SSSR count). The highest BCUT2D eigenvalue weighted by molar-refractivity contribution is 5.73. The maximum atomic E-state index is 10.4. The minimum Gasteiger partial charge on any atom is -0.298 e. The molecule has 0 bridgehead atoms. The van der Waals surface area contributed by atoms with Crippen LogP contribution < -0.4 is 0 Å². The largest absolute Gasteiger partial charge is 0.298 e. The van der Waals surface area contributed by atoms with Gasteiger partial charge in [0.1, 0.15) is 0 Å². The average molecular weight is 178 g/mol. The van der Waals surface area contributed by atoms with Crippen molar-refractivity contribution in [1.82, 2.24) is 9.78 Å².